The molecule has 0 aliphatic carbocycles. The van der Waals surface area contributed by atoms with E-state index in [2.05, 4.69) is 0 Å². The fourth-order valence-corrected chi connectivity index (χ4v) is 2.84. The Bertz CT molecular complexity index is 812. The van der Waals surface area contributed by atoms with Gasteiger partial charge in [-0.2, -0.15) is 0 Å². The highest BCUT2D eigenvalue weighted by Crippen LogP contribution is 2.15. The van der Waals surface area contributed by atoms with E-state index in [1.165, 1.54) is 4.57 Å². The molecule has 0 bridgehead atoms. The first-order valence-corrected chi connectivity index (χ1v) is 7.57. The summed E-state index contributed by atoms with van der Waals surface area (Å²) < 4.78 is 6.51. The van der Waals surface area contributed by atoms with Gasteiger partial charge in [-0.1, -0.05) is 6.07 Å². The molecule has 1 aromatic carbocycles. The third-order valence-corrected chi connectivity index (χ3v) is 4.29. The molecule has 2 heterocycles. The van der Waals surface area contributed by atoms with Crippen LogP contribution in [0.25, 0.3) is 11.1 Å². The van der Waals surface area contributed by atoms with Gasteiger partial charge in [0.05, 0.1) is 11.9 Å². The average molecular weight is 317 g/mol. The number of piperazine rings is 1. The molecule has 7 heteroatoms. The van der Waals surface area contributed by atoms with Crippen LogP contribution >= 0.6 is 0 Å². The Kier molecular flexibility index (Phi) is 3.94. The van der Waals surface area contributed by atoms with E-state index in [0.717, 1.165) is 5.56 Å². The summed E-state index contributed by atoms with van der Waals surface area (Å²) >= 11 is 0. The minimum atomic E-state index is -0.413. The van der Waals surface area contributed by atoms with Crippen molar-refractivity contribution in [2.24, 2.45) is 7.05 Å². The molecular weight excluding hydrogens is 298 g/mol. The molecule has 0 unspecified atom stereocenters. The van der Waals surface area contributed by atoms with Gasteiger partial charge in [-0.3, -0.25) is 14.2 Å². The van der Waals surface area contributed by atoms with Crippen LogP contribution in [0.4, 0.5) is 0 Å². The first kappa shape index (κ1) is 15.3. The molecule has 122 valence electrons. The van der Waals surface area contributed by atoms with Crippen molar-refractivity contribution >= 4 is 22.9 Å². The molecule has 7 nitrogen and oxygen atoms in total. The van der Waals surface area contributed by atoms with Gasteiger partial charge in [-0.25, -0.2) is 4.79 Å². The number of nitrogens with zero attached hydrogens (tertiary/aromatic N) is 3. The lowest BCUT2D eigenvalue weighted by atomic mass is 10.1. The fourth-order valence-electron chi connectivity index (χ4n) is 2.84. The van der Waals surface area contributed by atoms with Crippen LogP contribution < -0.4 is 5.76 Å². The van der Waals surface area contributed by atoms with Gasteiger partial charge in [-0.05, 0) is 17.7 Å². The number of amides is 2. The largest absolute Gasteiger partial charge is 0.419 e. The van der Waals surface area contributed by atoms with Crippen LogP contribution in [-0.2, 0) is 23.1 Å². The molecule has 23 heavy (non-hydrogen) atoms. The van der Waals surface area contributed by atoms with Gasteiger partial charge < -0.3 is 14.2 Å². The van der Waals surface area contributed by atoms with E-state index in [4.69, 9.17) is 4.42 Å². The highest BCUT2D eigenvalue weighted by molar-refractivity contribution is 5.81. The summed E-state index contributed by atoms with van der Waals surface area (Å²) in [6.07, 6.45) is 0.273. The molecule has 0 radical (unpaired) electrons. The number of benzene rings is 1. The Morgan fingerprint density at radius 2 is 1.78 bits per heavy atom. The molecule has 1 aliphatic heterocycles. The number of hydrogen-bond donors (Lipinski definition) is 0. The van der Waals surface area contributed by atoms with Gasteiger partial charge in [0, 0.05) is 40.2 Å². The first-order chi connectivity index (χ1) is 11.0. The number of carbonyl (C=O) groups excluding carboxylic acids is 2. The monoisotopic (exact) mass is 317 g/mol. The highest BCUT2D eigenvalue weighted by atomic mass is 16.4. The van der Waals surface area contributed by atoms with E-state index in [1.54, 1.807) is 35.9 Å². The Balaban J connectivity index is 1.70. The quantitative estimate of drug-likeness (QED) is 0.802. The van der Waals surface area contributed by atoms with Gasteiger partial charge in [0.2, 0.25) is 11.8 Å². The van der Waals surface area contributed by atoms with Crippen LogP contribution in [0.15, 0.2) is 27.4 Å². The third-order valence-electron chi connectivity index (χ3n) is 4.29. The summed E-state index contributed by atoms with van der Waals surface area (Å²) in [5, 5.41) is 0. The van der Waals surface area contributed by atoms with E-state index < -0.39 is 5.76 Å². The predicted octanol–water partition coefficient (Wildman–Crippen LogP) is 0.365. The van der Waals surface area contributed by atoms with E-state index in [-0.39, 0.29) is 18.2 Å². The van der Waals surface area contributed by atoms with Crippen LogP contribution in [0, 0.1) is 0 Å². The van der Waals surface area contributed by atoms with E-state index in [1.807, 2.05) is 6.07 Å². The normalized spacial score (nSPS) is 15.2. The van der Waals surface area contributed by atoms with Crippen molar-refractivity contribution in [2.75, 3.05) is 26.2 Å². The zero-order valence-electron chi connectivity index (χ0n) is 13.2. The second kappa shape index (κ2) is 5.91. The minimum absolute atomic E-state index is 0.0287. The molecule has 1 saturated heterocycles. The van der Waals surface area contributed by atoms with Crippen molar-refractivity contribution in [1.29, 1.82) is 0 Å². The van der Waals surface area contributed by atoms with Crippen molar-refractivity contribution in [1.82, 2.24) is 14.4 Å². The Morgan fingerprint density at radius 3 is 2.43 bits per heavy atom. The lowest BCUT2D eigenvalue weighted by Crippen LogP contribution is -2.50. The number of aromatic nitrogens is 1. The van der Waals surface area contributed by atoms with Gasteiger partial charge in [-0.15, -0.1) is 0 Å². The summed E-state index contributed by atoms with van der Waals surface area (Å²) in [6.45, 7) is 3.82. The van der Waals surface area contributed by atoms with Crippen molar-refractivity contribution in [3.05, 3.63) is 34.3 Å². The second-order valence-electron chi connectivity index (χ2n) is 5.79. The molecule has 0 atom stereocenters. The zero-order valence-corrected chi connectivity index (χ0v) is 13.2. The lowest BCUT2D eigenvalue weighted by molar-refractivity contribution is -0.138. The number of rotatable bonds is 2. The van der Waals surface area contributed by atoms with Crippen LogP contribution in [-0.4, -0.2) is 52.4 Å². The van der Waals surface area contributed by atoms with Crippen molar-refractivity contribution < 1.29 is 14.0 Å². The minimum Gasteiger partial charge on any atom is -0.408 e. The third kappa shape index (κ3) is 2.99. The van der Waals surface area contributed by atoms with Crippen molar-refractivity contribution in [3.8, 4) is 0 Å². The van der Waals surface area contributed by atoms with E-state index in [0.29, 0.717) is 37.3 Å². The summed E-state index contributed by atoms with van der Waals surface area (Å²) in [6, 6.07) is 5.33. The molecule has 1 aliphatic rings. The first-order valence-electron chi connectivity index (χ1n) is 7.57. The van der Waals surface area contributed by atoms with E-state index >= 15 is 0 Å². The molecule has 2 amide bonds. The molecule has 0 saturated carbocycles. The highest BCUT2D eigenvalue weighted by Gasteiger charge is 2.22. The van der Waals surface area contributed by atoms with Crippen LogP contribution in [0.1, 0.15) is 12.5 Å². The van der Waals surface area contributed by atoms with Crippen molar-refractivity contribution in [3.63, 3.8) is 0 Å². The Labute approximate surface area is 133 Å². The number of hydrogen-bond acceptors (Lipinski definition) is 4. The molecule has 0 N–H and O–H groups in total. The second-order valence-corrected chi connectivity index (χ2v) is 5.79. The average Bonchev–Trinajstić information content (AvgIpc) is 2.82. The standard InChI is InChI=1S/C16H19N3O4/c1-11(20)18-5-7-19(8-6-18)15(21)10-12-3-4-14-13(9-12)17(2)16(22)23-14/h3-4,9H,5-8,10H2,1-2H3. The molecule has 1 fully saturated rings. The fraction of sp³-hybridized carbons (Fsp3) is 0.438. The Morgan fingerprint density at radius 1 is 1.13 bits per heavy atom. The maximum atomic E-state index is 12.4. The molecule has 1 aromatic heterocycles. The van der Waals surface area contributed by atoms with Gasteiger partial charge in [0.1, 0.15) is 0 Å². The molecule has 2 aromatic rings. The lowest BCUT2D eigenvalue weighted by Gasteiger charge is -2.34. The zero-order chi connectivity index (χ0) is 16.6. The van der Waals surface area contributed by atoms with Crippen LogP contribution in [0.5, 0.6) is 0 Å². The van der Waals surface area contributed by atoms with Gasteiger partial charge in [0.25, 0.3) is 0 Å². The maximum Gasteiger partial charge on any atom is 0.419 e. The Hall–Kier alpha value is -2.57. The van der Waals surface area contributed by atoms with Crippen LogP contribution in [0.3, 0.4) is 0 Å². The van der Waals surface area contributed by atoms with Crippen LogP contribution in [0.2, 0.25) is 0 Å². The molecular formula is C16H19N3O4. The van der Waals surface area contributed by atoms with Gasteiger partial charge >= 0.3 is 5.76 Å². The van der Waals surface area contributed by atoms with Crippen molar-refractivity contribution in [2.45, 2.75) is 13.3 Å². The SMILES string of the molecule is CC(=O)N1CCN(C(=O)Cc2ccc3oc(=O)n(C)c3c2)CC1. The summed E-state index contributed by atoms with van der Waals surface area (Å²) in [4.78, 5) is 38.7. The number of oxazole rings is 1. The topological polar surface area (TPSA) is 75.8 Å². The summed E-state index contributed by atoms with van der Waals surface area (Å²) in [5.74, 6) is -0.340. The number of aryl methyl sites for hydroxylation is 1. The molecule has 3 rings (SSSR count). The number of fused-ring (bicyclic) bond motifs is 1. The van der Waals surface area contributed by atoms with Gasteiger partial charge in [0.15, 0.2) is 5.58 Å². The summed E-state index contributed by atoms with van der Waals surface area (Å²) in [7, 11) is 1.64. The summed E-state index contributed by atoms with van der Waals surface area (Å²) in [5.41, 5.74) is 2.04. The smallest absolute Gasteiger partial charge is 0.408 e. The predicted molar refractivity (Wildman–Crippen MR) is 84.0 cm³/mol. The maximum absolute atomic E-state index is 12.4. The molecule has 0 spiro atoms. The number of carbonyl (C=O) groups is 2. The van der Waals surface area contributed by atoms with E-state index in [9.17, 15) is 14.4 Å².